The second-order valence-electron chi connectivity index (χ2n) is 6.29. The first-order valence-electron chi connectivity index (χ1n) is 8.58. The molecule has 0 atom stereocenters. The molecule has 2 rings (SSSR count). The number of hydrogen-bond donors (Lipinski definition) is 2. The minimum absolute atomic E-state index is 0.0152. The Morgan fingerprint density at radius 3 is 2.04 bits per heavy atom. The fraction of sp³-hybridized carbons (Fsp3) is 0.300. The first kappa shape index (κ1) is 19.3. The van der Waals surface area contributed by atoms with Crippen LogP contribution in [0, 0.1) is 0 Å². The number of nitrogens with two attached hydrogens (primary N) is 1. The van der Waals surface area contributed by atoms with Crippen LogP contribution in [0.3, 0.4) is 0 Å². The van der Waals surface area contributed by atoms with Crippen LogP contribution < -0.4 is 16.0 Å². The Bertz CT molecular complexity index is 739. The van der Waals surface area contributed by atoms with Crippen molar-refractivity contribution in [3.63, 3.8) is 0 Å². The van der Waals surface area contributed by atoms with Crippen LogP contribution in [-0.2, 0) is 13.1 Å². The molecule has 2 aromatic rings. The van der Waals surface area contributed by atoms with Crippen molar-refractivity contribution in [1.82, 2.24) is 10.2 Å². The third-order valence-electron chi connectivity index (χ3n) is 4.16. The van der Waals surface area contributed by atoms with Gasteiger partial charge in [-0.3, -0.25) is 4.79 Å². The van der Waals surface area contributed by atoms with Gasteiger partial charge in [-0.25, -0.2) is 4.79 Å². The zero-order valence-electron chi connectivity index (χ0n) is 15.5. The standard InChI is InChI=1S/C20H26N4O2/c1-4-24(14-16-7-11-18(12-8-16)23(2)3)19(25)17-9-5-15(6-10-17)13-22-20(21)26/h5-12H,4,13-14H2,1-3H3,(H3,21,22,26). The summed E-state index contributed by atoms with van der Waals surface area (Å²) < 4.78 is 0. The lowest BCUT2D eigenvalue weighted by atomic mass is 10.1. The van der Waals surface area contributed by atoms with Gasteiger partial charge >= 0.3 is 6.03 Å². The molecule has 138 valence electrons. The van der Waals surface area contributed by atoms with Gasteiger partial charge in [0.2, 0.25) is 0 Å². The normalized spacial score (nSPS) is 10.3. The largest absolute Gasteiger partial charge is 0.378 e. The summed E-state index contributed by atoms with van der Waals surface area (Å²) >= 11 is 0. The van der Waals surface area contributed by atoms with Crippen molar-refractivity contribution in [2.75, 3.05) is 25.5 Å². The summed E-state index contributed by atoms with van der Waals surface area (Å²) in [6, 6.07) is 14.8. The van der Waals surface area contributed by atoms with E-state index in [2.05, 4.69) is 5.32 Å². The number of anilines is 1. The highest BCUT2D eigenvalue weighted by Crippen LogP contribution is 2.15. The van der Waals surface area contributed by atoms with Crippen LogP contribution >= 0.6 is 0 Å². The van der Waals surface area contributed by atoms with Crippen molar-refractivity contribution in [2.45, 2.75) is 20.0 Å². The van der Waals surface area contributed by atoms with Gasteiger partial charge < -0.3 is 20.9 Å². The first-order chi connectivity index (χ1) is 12.4. The van der Waals surface area contributed by atoms with Gasteiger partial charge in [0, 0.05) is 45.0 Å². The Kier molecular flexibility index (Phi) is 6.60. The van der Waals surface area contributed by atoms with Crippen LogP contribution in [0.2, 0.25) is 0 Å². The third-order valence-corrected chi connectivity index (χ3v) is 4.16. The number of urea groups is 1. The van der Waals surface area contributed by atoms with E-state index < -0.39 is 6.03 Å². The molecule has 2 aromatic carbocycles. The van der Waals surface area contributed by atoms with Crippen molar-refractivity contribution in [3.05, 3.63) is 65.2 Å². The number of carbonyl (C=O) groups is 2. The summed E-state index contributed by atoms with van der Waals surface area (Å²) in [7, 11) is 4.00. The summed E-state index contributed by atoms with van der Waals surface area (Å²) in [5.41, 5.74) is 8.80. The molecule has 3 N–H and O–H groups in total. The molecule has 0 aliphatic heterocycles. The number of nitrogens with zero attached hydrogens (tertiary/aromatic N) is 2. The molecule has 0 heterocycles. The topological polar surface area (TPSA) is 78.7 Å². The lowest BCUT2D eigenvalue weighted by molar-refractivity contribution is 0.0752. The zero-order valence-corrected chi connectivity index (χ0v) is 15.5. The highest BCUT2D eigenvalue weighted by molar-refractivity contribution is 5.94. The Hall–Kier alpha value is -3.02. The molecule has 0 aliphatic rings. The summed E-state index contributed by atoms with van der Waals surface area (Å²) in [5.74, 6) is -0.0152. The maximum absolute atomic E-state index is 12.8. The lowest BCUT2D eigenvalue weighted by Crippen LogP contribution is -2.30. The van der Waals surface area contributed by atoms with E-state index >= 15 is 0 Å². The minimum atomic E-state index is -0.567. The predicted octanol–water partition coefficient (Wildman–Crippen LogP) is 2.58. The van der Waals surface area contributed by atoms with Crippen molar-refractivity contribution >= 4 is 17.6 Å². The summed E-state index contributed by atoms with van der Waals surface area (Å²) in [6.45, 7) is 3.50. The average molecular weight is 354 g/mol. The van der Waals surface area contributed by atoms with E-state index in [9.17, 15) is 9.59 Å². The van der Waals surface area contributed by atoms with E-state index in [-0.39, 0.29) is 5.91 Å². The van der Waals surface area contributed by atoms with Crippen LogP contribution in [0.1, 0.15) is 28.4 Å². The molecule has 0 saturated heterocycles. The maximum Gasteiger partial charge on any atom is 0.312 e. The third kappa shape index (κ3) is 5.24. The van der Waals surface area contributed by atoms with Gasteiger partial charge in [0.25, 0.3) is 5.91 Å². The molecule has 6 heteroatoms. The van der Waals surface area contributed by atoms with Crippen molar-refractivity contribution in [3.8, 4) is 0 Å². The highest BCUT2D eigenvalue weighted by atomic mass is 16.2. The van der Waals surface area contributed by atoms with Crippen LogP contribution in [0.5, 0.6) is 0 Å². The number of nitrogens with one attached hydrogen (secondary N) is 1. The number of carbonyl (C=O) groups excluding carboxylic acids is 2. The van der Waals surface area contributed by atoms with Crippen LogP contribution in [-0.4, -0.2) is 37.5 Å². The smallest absolute Gasteiger partial charge is 0.312 e. The van der Waals surface area contributed by atoms with Gasteiger partial charge in [-0.2, -0.15) is 0 Å². The van der Waals surface area contributed by atoms with Gasteiger partial charge in [-0.05, 0) is 42.3 Å². The highest BCUT2D eigenvalue weighted by Gasteiger charge is 2.14. The van der Waals surface area contributed by atoms with Crippen LogP contribution in [0.4, 0.5) is 10.5 Å². The first-order valence-corrected chi connectivity index (χ1v) is 8.58. The van der Waals surface area contributed by atoms with Crippen molar-refractivity contribution in [1.29, 1.82) is 0 Å². The van der Waals surface area contributed by atoms with E-state index in [0.29, 0.717) is 25.2 Å². The van der Waals surface area contributed by atoms with E-state index in [1.54, 1.807) is 17.0 Å². The van der Waals surface area contributed by atoms with Crippen LogP contribution in [0.25, 0.3) is 0 Å². The van der Waals surface area contributed by atoms with Gasteiger partial charge in [0.05, 0.1) is 0 Å². The predicted molar refractivity (Wildman–Crippen MR) is 104 cm³/mol. The van der Waals surface area contributed by atoms with Gasteiger partial charge in [-0.15, -0.1) is 0 Å². The molecule has 0 radical (unpaired) electrons. The Balaban J connectivity index is 2.04. The molecule has 0 aliphatic carbocycles. The second kappa shape index (κ2) is 8.89. The molecule has 0 saturated carbocycles. The van der Waals surface area contributed by atoms with Crippen molar-refractivity contribution in [2.24, 2.45) is 5.73 Å². The van der Waals surface area contributed by atoms with E-state index in [1.165, 1.54) is 0 Å². The quantitative estimate of drug-likeness (QED) is 0.802. The molecule has 26 heavy (non-hydrogen) atoms. The molecule has 3 amide bonds. The van der Waals surface area contributed by atoms with Gasteiger partial charge in [0.15, 0.2) is 0 Å². The fourth-order valence-corrected chi connectivity index (χ4v) is 2.58. The second-order valence-corrected chi connectivity index (χ2v) is 6.29. The number of rotatable bonds is 7. The molecule has 0 fully saturated rings. The molecule has 0 unspecified atom stereocenters. The minimum Gasteiger partial charge on any atom is -0.378 e. The molecule has 0 bridgehead atoms. The Morgan fingerprint density at radius 1 is 0.962 bits per heavy atom. The Morgan fingerprint density at radius 2 is 1.54 bits per heavy atom. The number of amides is 3. The lowest BCUT2D eigenvalue weighted by Gasteiger charge is -2.22. The molecular weight excluding hydrogens is 328 g/mol. The van der Waals surface area contributed by atoms with Gasteiger partial charge in [-0.1, -0.05) is 24.3 Å². The monoisotopic (exact) mass is 354 g/mol. The van der Waals surface area contributed by atoms with E-state index in [0.717, 1.165) is 16.8 Å². The zero-order chi connectivity index (χ0) is 19.1. The van der Waals surface area contributed by atoms with E-state index in [4.69, 9.17) is 5.73 Å². The molecular formula is C20H26N4O2. The molecule has 0 aromatic heterocycles. The fourth-order valence-electron chi connectivity index (χ4n) is 2.58. The average Bonchev–Trinajstić information content (AvgIpc) is 2.64. The van der Waals surface area contributed by atoms with E-state index in [1.807, 2.05) is 62.3 Å². The SMILES string of the molecule is CCN(Cc1ccc(N(C)C)cc1)C(=O)c1ccc(CNC(N)=O)cc1. The number of primary amides is 1. The summed E-state index contributed by atoms with van der Waals surface area (Å²) in [4.78, 5) is 27.4. The number of benzene rings is 2. The summed E-state index contributed by atoms with van der Waals surface area (Å²) in [5, 5.41) is 2.53. The van der Waals surface area contributed by atoms with Crippen LogP contribution in [0.15, 0.2) is 48.5 Å². The maximum atomic E-state index is 12.8. The molecule has 0 spiro atoms. The Labute approximate surface area is 154 Å². The number of hydrogen-bond acceptors (Lipinski definition) is 3. The van der Waals surface area contributed by atoms with Crippen molar-refractivity contribution < 1.29 is 9.59 Å². The van der Waals surface area contributed by atoms with Gasteiger partial charge in [0.1, 0.15) is 0 Å². The molecule has 6 nitrogen and oxygen atoms in total. The summed E-state index contributed by atoms with van der Waals surface area (Å²) in [6.07, 6.45) is 0.